The maximum atomic E-state index is 12.3. The fourth-order valence-corrected chi connectivity index (χ4v) is 1.84. The average Bonchev–Trinajstić information content (AvgIpc) is 2.37. The van der Waals surface area contributed by atoms with Crippen LogP contribution in [0.5, 0.6) is 5.75 Å². The van der Waals surface area contributed by atoms with E-state index in [9.17, 15) is 14.7 Å². The molecular weight excluding hydrogens is 272 g/mol. The predicted molar refractivity (Wildman–Crippen MR) is 78.3 cm³/mol. The van der Waals surface area contributed by atoms with Crippen molar-refractivity contribution < 1.29 is 19.4 Å². The summed E-state index contributed by atoms with van der Waals surface area (Å²) in [6.07, 6.45) is 3.19. The molecule has 0 aromatic carbocycles. The topological polar surface area (TPSA) is 88.5 Å². The summed E-state index contributed by atoms with van der Waals surface area (Å²) >= 11 is 0. The van der Waals surface area contributed by atoms with Crippen molar-refractivity contribution in [1.82, 2.24) is 10.3 Å². The molecule has 1 rings (SSSR count). The quantitative estimate of drug-likeness (QED) is 0.804. The van der Waals surface area contributed by atoms with Crippen LogP contribution < -0.4 is 10.1 Å². The third kappa shape index (κ3) is 5.41. The number of carboxylic acids is 1. The van der Waals surface area contributed by atoms with Crippen LogP contribution in [0.4, 0.5) is 0 Å². The Morgan fingerprint density at radius 3 is 2.52 bits per heavy atom. The molecule has 0 fully saturated rings. The van der Waals surface area contributed by atoms with Gasteiger partial charge in [-0.3, -0.25) is 9.78 Å². The molecule has 0 aliphatic carbocycles. The van der Waals surface area contributed by atoms with Gasteiger partial charge in [-0.2, -0.15) is 0 Å². The number of ether oxygens (including phenoxy) is 1. The van der Waals surface area contributed by atoms with Crippen LogP contribution in [0.15, 0.2) is 18.5 Å². The molecular formula is C15H22N2O4. The third-order valence-electron chi connectivity index (χ3n) is 2.70. The second-order valence-corrected chi connectivity index (χ2v) is 5.53. The van der Waals surface area contributed by atoms with E-state index >= 15 is 0 Å². The van der Waals surface area contributed by atoms with Crippen LogP contribution in [0, 0.1) is 5.92 Å². The van der Waals surface area contributed by atoms with Gasteiger partial charge in [-0.15, -0.1) is 0 Å². The summed E-state index contributed by atoms with van der Waals surface area (Å²) < 4.78 is 5.52. The van der Waals surface area contributed by atoms with Gasteiger partial charge in [-0.05, 0) is 32.3 Å². The number of hydrogen-bond donors (Lipinski definition) is 2. The summed E-state index contributed by atoms with van der Waals surface area (Å²) in [4.78, 5) is 27.4. The second-order valence-electron chi connectivity index (χ2n) is 5.53. The number of amides is 1. The van der Waals surface area contributed by atoms with E-state index in [0.717, 1.165) is 0 Å². The molecule has 2 N–H and O–H groups in total. The Morgan fingerprint density at radius 1 is 1.33 bits per heavy atom. The molecule has 0 saturated carbocycles. The van der Waals surface area contributed by atoms with Gasteiger partial charge in [0.2, 0.25) is 0 Å². The Hall–Kier alpha value is -2.11. The first kappa shape index (κ1) is 16.9. The highest BCUT2D eigenvalue weighted by Gasteiger charge is 2.23. The summed E-state index contributed by atoms with van der Waals surface area (Å²) in [5, 5.41) is 11.7. The van der Waals surface area contributed by atoms with Gasteiger partial charge in [0.05, 0.1) is 17.9 Å². The molecule has 0 radical (unpaired) electrons. The van der Waals surface area contributed by atoms with Crippen molar-refractivity contribution in [3.63, 3.8) is 0 Å². The molecule has 0 spiro atoms. The lowest BCUT2D eigenvalue weighted by atomic mass is 10.0. The molecule has 116 valence electrons. The number of carboxylic acid groups (broad SMARTS) is 1. The largest absolute Gasteiger partial charge is 0.489 e. The summed E-state index contributed by atoms with van der Waals surface area (Å²) in [6, 6.07) is 0.596. The van der Waals surface area contributed by atoms with Gasteiger partial charge >= 0.3 is 5.97 Å². The van der Waals surface area contributed by atoms with Crippen molar-refractivity contribution in [3.8, 4) is 5.75 Å². The lowest BCUT2D eigenvalue weighted by molar-refractivity contribution is -0.139. The number of carbonyl (C=O) groups excluding carboxylic acids is 1. The zero-order valence-electron chi connectivity index (χ0n) is 12.8. The number of nitrogens with zero attached hydrogens (tertiary/aromatic N) is 1. The van der Waals surface area contributed by atoms with E-state index < -0.39 is 17.9 Å². The molecule has 1 aromatic heterocycles. The van der Waals surface area contributed by atoms with Gasteiger partial charge in [-0.25, -0.2) is 4.79 Å². The first-order valence-electron chi connectivity index (χ1n) is 6.95. The zero-order chi connectivity index (χ0) is 16.0. The molecule has 6 nitrogen and oxygen atoms in total. The Labute approximate surface area is 124 Å². The maximum Gasteiger partial charge on any atom is 0.326 e. The second kappa shape index (κ2) is 7.61. The summed E-state index contributed by atoms with van der Waals surface area (Å²) in [7, 11) is 0. The molecule has 1 heterocycles. The van der Waals surface area contributed by atoms with Crippen molar-refractivity contribution in [2.45, 2.75) is 46.3 Å². The van der Waals surface area contributed by atoms with Gasteiger partial charge < -0.3 is 15.2 Å². The van der Waals surface area contributed by atoms with Crippen LogP contribution in [0.25, 0.3) is 0 Å². The van der Waals surface area contributed by atoms with Crippen molar-refractivity contribution in [1.29, 1.82) is 0 Å². The first-order valence-corrected chi connectivity index (χ1v) is 6.95. The minimum Gasteiger partial charge on any atom is -0.489 e. The molecule has 0 aliphatic heterocycles. The molecule has 21 heavy (non-hydrogen) atoms. The average molecular weight is 294 g/mol. The number of rotatable bonds is 7. The molecule has 6 heteroatoms. The van der Waals surface area contributed by atoms with Gasteiger partial charge in [0, 0.05) is 6.20 Å². The zero-order valence-corrected chi connectivity index (χ0v) is 12.8. The molecule has 1 aromatic rings. The van der Waals surface area contributed by atoms with Crippen LogP contribution >= 0.6 is 0 Å². The van der Waals surface area contributed by atoms with Crippen molar-refractivity contribution in [3.05, 3.63) is 24.0 Å². The summed E-state index contributed by atoms with van der Waals surface area (Å²) in [5.74, 6) is -1.01. The maximum absolute atomic E-state index is 12.3. The predicted octanol–water partition coefficient (Wildman–Crippen LogP) is 2.10. The van der Waals surface area contributed by atoms with Crippen molar-refractivity contribution in [2.24, 2.45) is 5.92 Å². The minimum atomic E-state index is -1.04. The Kier molecular flexibility index (Phi) is 6.14. The van der Waals surface area contributed by atoms with Crippen LogP contribution in [0.3, 0.4) is 0 Å². The number of nitrogens with one attached hydrogen (secondary N) is 1. The van der Waals surface area contributed by atoms with E-state index in [2.05, 4.69) is 10.3 Å². The van der Waals surface area contributed by atoms with Crippen LogP contribution in [-0.4, -0.2) is 34.1 Å². The van der Waals surface area contributed by atoms with E-state index in [4.69, 9.17) is 4.74 Å². The Balaban J connectivity index is 2.90. The fraction of sp³-hybridized carbons (Fsp3) is 0.533. The highest BCUT2D eigenvalue weighted by molar-refractivity contribution is 5.98. The molecule has 0 unspecified atom stereocenters. The number of aromatic nitrogens is 1. The molecule has 0 aliphatic rings. The van der Waals surface area contributed by atoms with Gasteiger partial charge in [0.25, 0.3) is 5.91 Å². The lowest BCUT2D eigenvalue weighted by Crippen LogP contribution is -2.41. The molecule has 0 saturated heterocycles. The van der Waals surface area contributed by atoms with E-state index in [1.165, 1.54) is 18.5 Å². The lowest BCUT2D eigenvalue weighted by Gasteiger charge is -2.18. The van der Waals surface area contributed by atoms with Crippen LogP contribution in [-0.2, 0) is 4.79 Å². The van der Waals surface area contributed by atoms with E-state index in [-0.39, 0.29) is 17.6 Å². The third-order valence-corrected chi connectivity index (χ3v) is 2.70. The fourth-order valence-electron chi connectivity index (χ4n) is 1.84. The number of hydrogen-bond acceptors (Lipinski definition) is 4. The molecule has 1 amide bonds. The van der Waals surface area contributed by atoms with E-state index in [1.807, 2.05) is 27.7 Å². The van der Waals surface area contributed by atoms with Crippen LogP contribution in [0.2, 0.25) is 0 Å². The number of carbonyl (C=O) groups is 2. The van der Waals surface area contributed by atoms with E-state index in [0.29, 0.717) is 12.2 Å². The summed E-state index contributed by atoms with van der Waals surface area (Å²) in [6.45, 7) is 7.49. The van der Waals surface area contributed by atoms with Gasteiger partial charge in [0.15, 0.2) is 5.75 Å². The Bertz CT molecular complexity index is 500. The highest BCUT2D eigenvalue weighted by atomic mass is 16.5. The normalized spacial score (nSPS) is 12.3. The molecule has 0 bridgehead atoms. The monoisotopic (exact) mass is 294 g/mol. The highest BCUT2D eigenvalue weighted by Crippen LogP contribution is 2.18. The smallest absolute Gasteiger partial charge is 0.326 e. The number of pyridine rings is 1. The first-order chi connectivity index (χ1) is 9.81. The van der Waals surface area contributed by atoms with Gasteiger partial charge in [-0.1, -0.05) is 13.8 Å². The van der Waals surface area contributed by atoms with E-state index in [1.54, 1.807) is 0 Å². The standard InChI is InChI=1S/C15H22N2O4/c1-9(2)7-12(15(19)20)17-14(18)11-5-6-16-8-13(11)21-10(3)4/h5-6,8-10,12H,7H2,1-4H3,(H,17,18)(H,19,20)/t12-/m0/s1. The summed E-state index contributed by atoms with van der Waals surface area (Å²) in [5.41, 5.74) is 0.286. The van der Waals surface area contributed by atoms with Crippen molar-refractivity contribution in [2.75, 3.05) is 0 Å². The van der Waals surface area contributed by atoms with Crippen LogP contribution in [0.1, 0.15) is 44.5 Å². The van der Waals surface area contributed by atoms with Crippen molar-refractivity contribution >= 4 is 11.9 Å². The van der Waals surface area contributed by atoms with Gasteiger partial charge in [0.1, 0.15) is 6.04 Å². The minimum absolute atomic E-state index is 0.105. The molecule has 1 atom stereocenters. The SMILES string of the molecule is CC(C)C[C@H](NC(=O)c1ccncc1OC(C)C)C(=O)O. The Morgan fingerprint density at radius 2 is 2.00 bits per heavy atom. The number of aliphatic carboxylic acids is 1.